The topological polar surface area (TPSA) is 99.1 Å². The molecule has 2 heterocycles. The molecule has 3 aromatic rings. The van der Waals surface area contributed by atoms with Crippen molar-refractivity contribution in [3.8, 4) is 17.1 Å². The molecule has 1 amide bonds. The molecule has 10 nitrogen and oxygen atoms in total. The van der Waals surface area contributed by atoms with Gasteiger partial charge in [0.25, 0.3) is 5.56 Å². The number of aromatic nitrogens is 4. The van der Waals surface area contributed by atoms with Gasteiger partial charge in [0.05, 0.1) is 24.4 Å². The molecule has 196 valence electrons. The fraction of sp³-hybridized carbons (Fsp3) is 0.538. The van der Waals surface area contributed by atoms with Gasteiger partial charge in [0, 0.05) is 33.1 Å². The van der Waals surface area contributed by atoms with E-state index in [-0.39, 0.29) is 11.5 Å². The average molecular weight is 498 g/mol. The number of benzene rings is 1. The number of amides is 1. The first kappa shape index (κ1) is 27.3. The molecular formula is C26H39N7O3. The van der Waals surface area contributed by atoms with Crippen LogP contribution in [0.2, 0.25) is 0 Å². The Morgan fingerprint density at radius 2 is 1.89 bits per heavy atom. The summed E-state index contributed by atoms with van der Waals surface area (Å²) in [5.74, 6) is 1.90. The SMILES string of the molecule is CCCc1nc(C)c2c(=O)[nH]c(-c3cc(CN(C)CC(=O)N(C)CCN(C)C)ccc3OCC)nn12. The highest BCUT2D eigenvalue weighted by molar-refractivity contribution is 5.78. The number of nitrogens with zero attached hydrogens (tertiary/aromatic N) is 6. The molecule has 0 aliphatic heterocycles. The zero-order valence-corrected chi connectivity index (χ0v) is 22.6. The smallest absolute Gasteiger partial charge is 0.277 e. The second kappa shape index (κ2) is 12.1. The van der Waals surface area contributed by atoms with Gasteiger partial charge in [-0.2, -0.15) is 0 Å². The van der Waals surface area contributed by atoms with Crippen LogP contribution in [0.15, 0.2) is 23.0 Å². The standard InChI is InChI=1S/C26H39N7O3/c1-8-10-22-27-18(3)24-26(35)28-25(29-33(22)24)20-15-19(11-12-21(20)36-9-2)16-31(6)17-23(34)32(7)14-13-30(4)5/h11-12,15H,8-10,13-14,16-17H2,1-7H3,(H,28,29,35). The maximum atomic E-state index is 13.0. The predicted octanol–water partition coefficient (Wildman–Crippen LogP) is 2.20. The normalized spacial score (nSPS) is 11.6. The van der Waals surface area contributed by atoms with Crippen LogP contribution in [0, 0.1) is 6.92 Å². The molecule has 0 radical (unpaired) electrons. The van der Waals surface area contributed by atoms with E-state index < -0.39 is 0 Å². The number of ether oxygens (including phenoxy) is 1. The Morgan fingerprint density at radius 3 is 2.56 bits per heavy atom. The van der Waals surface area contributed by atoms with Gasteiger partial charge in [0.1, 0.15) is 11.6 Å². The number of imidazole rings is 1. The largest absolute Gasteiger partial charge is 0.493 e. The third kappa shape index (κ3) is 6.50. The number of aryl methyl sites for hydroxylation is 2. The summed E-state index contributed by atoms with van der Waals surface area (Å²) in [6, 6.07) is 5.84. The minimum absolute atomic E-state index is 0.0703. The Morgan fingerprint density at radius 1 is 1.14 bits per heavy atom. The lowest BCUT2D eigenvalue weighted by atomic mass is 10.1. The predicted molar refractivity (Wildman–Crippen MR) is 141 cm³/mol. The lowest BCUT2D eigenvalue weighted by Gasteiger charge is -2.23. The number of likely N-dealkylation sites (N-methyl/N-ethyl adjacent to an activating group) is 3. The van der Waals surface area contributed by atoms with Crippen molar-refractivity contribution >= 4 is 11.4 Å². The zero-order valence-electron chi connectivity index (χ0n) is 22.6. The van der Waals surface area contributed by atoms with Crippen molar-refractivity contribution in [2.45, 2.75) is 40.2 Å². The molecule has 1 N–H and O–H groups in total. The first-order valence-electron chi connectivity index (χ1n) is 12.5. The third-order valence-corrected chi connectivity index (χ3v) is 5.98. The van der Waals surface area contributed by atoms with Gasteiger partial charge in [0.2, 0.25) is 5.91 Å². The van der Waals surface area contributed by atoms with Crippen LogP contribution in [-0.4, -0.2) is 94.6 Å². The van der Waals surface area contributed by atoms with Crippen LogP contribution in [0.25, 0.3) is 16.9 Å². The number of carbonyl (C=O) groups excluding carboxylic acids is 1. The van der Waals surface area contributed by atoms with Crippen molar-refractivity contribution in [1.29, 1.82) is 0 Å². The van der Waals surface area contributed by atoms with Crippen molar-refractivity contribution in [3.05, 3.63) is 45.6 Å². The van der Waals surface area contributed by atoms with Gasteiger partial charge >= 0.3 is 0 Å². The van der Waals surface area contributed by atoms with Gasteiger partial charge < -0.3 is 19.5 Å². The zero-order chi connectivity index (χ0) is 26.4. The Hall–Kier alpha value is -3.24. The molecule has 10 heteroatoms. The van der Waals surface area contributed by atoms with E-state index in [1.54, 1.807) is 9.42 Å². The molecule has 36 heavy (non-hydrogen) atoms. The number of fused-ring (bicyclic) bond motifs is 1. The van der Waals surface area contributed by atoms with Gasteiger partial charge in [0.15, 0.2) is 11.3 Å². The first-order chi connectivity index (χ1) is 17.1. The van der Waals surface area contributed by atoms with Gasteiger partial charge in [-0.05, 0) is 59.1 Å². The first-order valence-corrected chi connectivity index (χ1v) is 12.5. The highest BCUT2D eigenvalue weighted by atomic mass is 16.5. The summed E-state index contributed by atoms with van der Waals surface area (Å²) in [5, 5.41) is 4.76. The van der Waals surface area contributed by atoms with Crippen LogP contribution < -0.4 is 10.3 Å². The summed E-state index contributed by atoms with van der Waals surface area (Å²) in [6.45, 7) is 8.67. The second-order valence-corrected chi connectivity index (χ2v) is 9.48. The van der Waals surface area contributed by atoms with Crippen LogP contribution in [0.1, 0.15) is 37.4 Å². The van der Waals surface area contributed by atoms with Crippen LogP contribution in [0.3, 0.4) is 0 Å². The van der Waals surface area contributed by atoms with E-state index in [4.69, 9.17) is 9.84 Å². The van der Waals surface area contributed by atoms with Gasteiger partial charge in [-0.3, -0.25) is 14.5 Å². The molecule has 1 aromatic carbocycles. The maximum absolute atomic E-state index is 13.0. The fourth-order valence-electron chi connectivity index (χ4n) is 4.08. The summed E-state index contributed by atoms with van der Waals surface area (Å²) < 4.78 is 7.52. The lowest BCUT2D eigenvalue weighted by molar-refractivity contribution is -0.131. The number of hydrogen-bond donors (Lipinski definition) is 1. The van der Waals surface area contributed by atoms with Gasteiger partial charge in [-0.15, -0.1) is 5.10 Å². The molecule has 0 spiro atoms. The van der Waals surface area contributed by atoms with Crippen molar-refractivity contribution < 1.29 is 9.53 Å². The Balaban J connectivity index is 1.89. The van der Waals surface area contributed by atoms with Gasteiger partial charge in [-0.1, -0.05) is 13.0 Å². The Bertz CT molecular complexity index is 1250. The summed E-state index contributed by atoms with van der Waals surface area (Å²) in [5.41, 5.74) is 2.58. The molecule has 0 unspecified atom stereocenters. The maximum Gasteiger partial charge on any atom is 0.277 e. The second-order valence-electron chi connectivity index (χ2n) is 9.48. The van der Waals surface area contributed by atoms with Crippen molar-refractivity contribution in [3.63, 3.8) is 0 Å². The number of H-pyrrole nitrogens is 1. The summed E-state index contributed by atoms with van der Waals surface area (Å²) in [4.78, 5) is 38.9. The molecule has 0 saturated carbocycles. The van der Waals surface area contributed by atoms with E-state index >= 15 is 0 Å². The highest BCUT2D eigenvalue weighted by Crippen LogP contribution is 2.29. The summed E-state index contributed by atoms with van der Waals surface area (Å²) in [7, 11) is 7.74. The Labute approximate surface area is 212 Å². The van der Waals surface area contributed by atoms with E-state index in [1.165, 1.54) is 0 Å². The van der Waals surface area contributed by atoms with E-state index in [0.29, 0.717) is 54.6 Å². The fourth-order valence-corrected chi connectivity index (χ4v) is 4.08. The van der Waals surface area contributed by atoms with Crippen LogP contribution in [0.4, 0.5) is 0 Å². The molecule has 0 fully saturated rings. The number of rotatable bonds is 12. The minimum Gasteiger partial charge on any atom is -0.493 e. The molecule has 0 atom stereocenters. The molecular weight excluding hydrogens is 458 g/mol. The van der Waals surface area contributed by atoms with Crippen LogP contribution in [-0.2, 0) is 17.8 Å². The third-order valence-electron chi connectivity index (χ3n) is 5.98. The van der Waals surface area contributed by atoms with Crippen molar-refractivity contribution in [2.24, 2.45) is 0 Å². The van der Waals surface area contributed by atoms with Crippen LogP contribution in [0.5, 0.6) is 5.75 Å². The number of carbonyl (C=O) groups is 1. The molecule has 0 bridgehead atoms. The highest BCUT2D eigenvalue weighted by Gasteiger charge is 2.18. The van der Waals surface area contributed by atoms with Crippen molar-refractivity contribution in [2.75, 3.05) is 54.4 Å². The van der Waals surface area contributed by atoms with E-state index in [9.17, 15) is 9.59 Å². The van der Waals surface area contributed by atoms with Crippen LogP contribution >= 0.6 is 0 Å². The molecule has 3 rings (SSSR count). The quantitative estimate of drug-likeness (QED) is 0.410. The number of nitrogens with one attached hydrogen (secondary N) is 1. The van der Waals surface area contributed by atoms with E-state index in [0.717, 1.165) is 30.8 Å². The molecule has 0 aliphatic rings. The van der Waals surface area contributed by atoms with E-state index in [2.05, 4.69) is 21.8 Å². The average Bonchev–Trinajstić information content (AvgIpc) is 3.14. The Kier molecular flexibility index (Phi) is 9.22. The lowest BCUT2D eigenvalue weighted by Crippen LogP contribution is -2.39. The number of aromatic amines is 1. The summed E-state index contributed by atoms with van der Waals surface area (Å²) >= 11 is 0. The summed E-state index contributed by atoms with van der Waals surface area (Å²) in [6.07, 6.45) is 1.63. The number of hydrogen-bond acceptors (Lipinski definition) is 7. The molecule has 0 saturated heterocycles. The van der Waals surface area contributed by atoms with Crippen molar-refractivity contribution in [1.82, 2.24) is 34.3 Å². The molecule has 2 aromatic heterocycles. The minimum atomic E-state index is -0.233. The molecule has 0 aliphatic carbocycles. The van der Waals surface area contributed by atoms with Gasteiger partial charge in [-0.25, -0.2) is 9.50 Å². The van der Waals surface area contributed by atoms with E-state index in [1.807, 2.05) is 65.1 Å². The monoisotopic (exact) mass is 497 g/mol.